The fourth-order valence-electron chi connectivity index (χ4n) is 2.04. The van der Waals surface area contributed by atoms with E-state index >= 15 is 0 Å². The van der Waals surface area contributed by atoms with E-state index in [-0.39, 0.29) is 28.3 Å². The topological polar surface area (TPSA) is 102 Å². The van der Waals surface area contributed by atoms with Gasteiger partial charge in [0.1, 0.15) is 6.10 Å². The van der Waals surface area contributed by atoms with Crippen LogP contribution in [0.4, 0.5) is 5.69 Å². The molecule has 4 N–H and O–H groups in total. The highest BCUT2D eigenvalue weighted by Crippen LogP contribution is 2.25. The van der Waals surface area contributed by atoms with Gasteiger partial charge in [0.15, 0.2) is 0 Å². The Kier molecular flexibility index (Phi) is 4.59. The van der Waals surface area contributed by atoms with Crippen LogP contribution in [0, 0.1) is 0 Å². The van der Waals surface area contributed by atoms with Gasteiger partial charge in [0.2, 0.25) is 0 Å². The Bertz CT molecular complexity index is 535. The fourth-order valence-corrected chi connectivity index (χ4v) is 2.20. The van der Waals surface area contributed by atoms with Gasteiger partial charge in [-0.25, -0.2) is 4.79 Å². The van der Waals surface area contributed by atoms with Crippen molar-refractivity contribution < 1.29 is 19.4 Å². The molecule has 1 fully saturated rings. The zero-order valence-corrected chi connectivity index (χ0v) is 11.4. The predicted molar refractivity (Wildman–Crippen MR) is 74.0 cm³/mol. The molecule has 20 heavy (non-hydrogen) atoms. The molecule has 0 aromatic heterocycles. The number of carbonyl (C=O) groups is 2. The summed E-state index contributed by atoms with van der Waals surface area (Å²) in [7, 11) is 0. The number of carboxylic acids is 1. The van der Waals surface area contributed by atoms with Gasteiger partial charge in [-0.1, -0.05) is 11.6 Å². The second kappa shape index (κ2) is 6.21. The number of rotatable bonds is 4. The average Bonchev–Trinajstić information content (AvgIpc) is 2.89. The molecule has 2 rings (SSSR count). The van der Waals surface area contributed by atoms with Crippen LogP contribution in [-0.2, 0) is 9.53 Å². The molecule has 0 bridgehead atoms. The molecule has 108 valence electrons. The van der Waals surface area contributed by atoms with Crippen LogP contribution in [-0.4, -0.2) is 35.7 Å². The summed E-state index contributed by atoms with van der Waals surface area (Å²) < 4.78 is 5.47. The lowest BCUT2D eigenvalue weighted by molar-refractivity contribution is -0.126. The summed E-state index contributed by atoms with van der Waals surface area (Å²) >= 11 is 5.94. The lowest BCUT2D eigenvalue weighted by Crippen LogP contribution is -2.30. The highest BCUT2D eigenvalue weighted by molar-refractivity contribution is 6.33. The number of nitrogens with two attached hydrogens (primary N) is 1. The van der Waals surface area contributed by atoms with Crippen LogP contribution in [0.2, 0.25) is 5.02 Å². The summed E-state index contributed by atoms with van der Waals surface area (Å²) in [5, 5.41) is 11.8. The normalized spacial score (nSPS) is 21.7. The highest BCUT2D eigenvalue weighted by Gasteiger charge is 2.30. The van der Waals surface area contributed by atoms with Crippen molar-refractivity contribution in [1.29, 1.82) is 0 Å². The summed E-state index contributed by atoms with van der Waals surface area (Å²) in [6, 6.07) is 4.12. The third-order valence-corrected chi connectivity index (χ3v) is 3.46. The molecular formula is C13H15ClN2O4. The Morgan fingerprint density at radius 2 is 2.20 bits per heavy atom. The predicted octanol–water partition coefficient (Wildman–Crippen LogP) is 1.48. The van der Waals surface area contributed by atoms with E-state index in [2.05, 4.69) is 5.32 Å². The van der Waals surface area contributed by atoms with Crippen molar-refractivity contribution >= 4 is 29.2 Å². The number of aromatic carboxylic acids is 1. The number of hydrogen-bond acceptors (Lipinski definition) is 4. The van der Waals surface area contributed by atoms with Crippen LogP contribution in [0.5, 0.6) is 0 Å². The zero-order valence-electron chi connectivity index (χ0n) is 10.6. The molecule has 7 heteroatoms. The Balaban J connectivity index is 2.08. The molecule has 1 aromatic carbocycles. The number of carbonyl (C=O) groups excluding carboxylic acids is 1. The fraction of sp³-hybridized carbons (Fsp3) is 0.385. The summed E-state index contributed by atoms with van der Waals surface area (Å²) in [5.74, 6) is -1.43. The van der Waals surface area contributed by atoms with Crippen LogP contribution in [0.15, 0.2) is 18.2 Å². The van der Waals surface area contributed by atoms with E-state index in [9.17, 15) is 9.59 Å². The Morgan fingerprint density at radius 3 is 2.80 bits per heavy atom. The molecule has 2 unspecified atom stereocenters. The van der Waals surface area contributed by atoms with Gasteiger partial charge in [-0.2, -0.15) is 0 Å². The minimum atomic E-state index is -1.09. The van der Waals surface area contributed by atoms with Gasteiger partial charge in [-0.3, -0.25) is 4.79 Å². The molecule has 1 aromatic rings. The lowest BCUT2D eigenvalue weighted by Gasteiger charge is -2.13. The first kappa shape index (κ1) is 14.8. The third kappa shape index (κ3) is 3.27. The van der Waals surface area contributed by atoms with Crippen molar-refractivity contribution in [2.75, 3.05) is 11.9 Å². The van der Waals surface area contributed by atoms with Crippen molar-refractivity contribution in [1.82, 2.24) is 0 Å². The number of halogens is 1. The van der Waals surface area contributed by atoms with Gasteiger partial charge in [-0.15, -0.1) is 0 Å². The molecule has 1 aliphatic heterocycles. The van der Waals surface area contributed by atoms with Crippen LogP contribution in [0.25, 0.3) is 0 Å². The zero-order chi connectivity index (χ0) is 14.7. The minimum absolute atomic E-state index is 0.0527. The van der Waals surface area contributed by atoms with Gasteiger partial charge in [0, 0.05) is 6.54 Å². The molecule has 0 radical (unpaired) electrons. The Morgan fingerprint density at radius 1 is 1.45 bits per heavy atom. The molecule has 1 heterocycles. The molecule has 0 aliphatic carbocycles. The largest absolute Gasteiger partial charge is 0.478 e. The maximum atomic E-state index is 12.0. The maximum Gasteiger partial charge on any atom is 0.335 e. The molecule has 1 saturated heterocycles. The number of carboxylic acid groups (broad SMARTS) is 1. The van der Waals surface area contributed by atoms with Crippen molar-refractivity contribution in [2.45, 2.75) is 25.0 Å². The number of benzene rings is 1. The smallest absolute Gasteiger partial charge is 0.335 e. The van der Waals surface area contributed by atoms with E-state index in [0.717, 1.165) is 6.42 Å². The van der Waals surface area contributed by atoms with Crippen molar-refractivity contribution in [2.24, 2.45) is 5.73 Å². The summed E-state index contributed by atoms with van der Waals surface area (Å²) in [5.41, 5.74) is 5.80. The van der Waals surface area contributed by atoms with Crippen molar-refractivity contribution in [3.05, 3.63) is 28.8 Å². The number of hydrogen-bond donors (Lipinski definition) is 3. The van der Waals surface area contributed by atoms with Gasteiger partial charge < -0.3 is 20.9 Å². The summed E-state index contributed by atoms with van der Waals surface area (Å²) in [6.07, 6.45) is 0.640. The van der Waals surface area contributed by atoms with Gasteiger partial charge in [-0.05, 0) is 31.0 Å². The van der Waals surface area contributed by atoms with Crippen LogP contribution < -0.4 is 11.1 Å². The maximum absolute atomic E-state index is 12.0. The highest BCUT2D eigenvalue weighted by atomic mass is 35.5. The van der Waals surface area contributed by atoms with Crippen LogP contribution in [0.3, 0.4) is 0 Å². The van der Waals surface area contributed by atoms with E-state index in [1.54, 1.807) is 0 Å². The third-order valence-electron chi connectivity index (χ3n) is 3.13. The summed E-state index contributed by atoms with van der Waals surface area (Å²) in [4.78, 5) is 22.9. The average molecular weight is 299 g/mol. The molecule has 6 nitrogen and oxygen atoms in total. The standard InChI is InChI=1S/C13H15ClN2O4/c14-9-3-1-7(13(18)19)5-10(9)16-12(17)11-4-2-8(6-15)20-11/h1,3,5,8,11H,2,4,6,15H2,(H,16,17)(H,18,19). The number of amides is 1. The van der Waals surface area contributed by atoms with E-state index < -0.39 is 12.1 Å². The van der Waals surface area contributed by atoms with Crippen molar-refractivity contribution in [3.63, 3.8) is 0 Å². The molecular weight excluding hydrogens is 284 g/mol. The molecule has 1 aliphatic rings. The lowest BCUT2D eigenvalue weighted by atomic mass is 10.1. The van der Waals surface area contributed by atoms with E-state index in [4.69, 9.17) is 27.2 Å². The summed E-state index contributed by atoms with van der Waals surface area (Å²) in [6.45, 7) is 0.374. The van der Waals surface area contributed by atoms with E-state index in [1.165, 1.54) is 18.2 Å². The first-order valence-corrected chi connectivity index (χ1v) is 6.58. The Labute approximate surface area is 120 Å². The number of ether oxygens (including phenoxy) is 1. The quantitative estimate of drug-likeness (QED) is 0.781. The van der Waals surface area contributed by atoms with Gasteiger partial charge in [0.25, 0.3) is 5.91 Å². The first-order chi connectivity index (χ1) is 9.51. The first-order valence-electron chi connectivity index (χ1n) is 6.20. The second-order valence-corrected chi connectivity index (χ2v) is 4.96. The SMILES string of the molecule is NCC1CCC(C(=O)Nc2cc(C(=O)O)ccc2Cl)O1. The molecule has 0 saturated carbocycles. The second-order valence-electron chi connectivity index (χ2n) is 4.55. The minimum Gasteiger partial charge on any atom is -0.478 e. The number of anilines is 1. The van der Waals surface area contributed by atoms with E-state index in [0.29, 0.717) is 13.0 Å². The Hall–Kier alpha value is -1.63. The van der Waals surface area contributed by atoms with Crippen molar-refractivity contribution in [3.8, 4) is 0 Å². The monoisotopic (exact) mass is 298 g/mol. The molecule has 0 spiro atoms. The van der Waals surface area contributed by atoms with Crippen LogP contribution >= 0.6 is 11.6 Å². The van der Waals surface area contributed by atoms with Gasteiger partial charge >= 0.3 is 5.97 Å². The van der Waals surface area contributed by atoms with Gasteiger partial charge in [0.05, 0.1) is 22.4 Å². The molecule has 2 atom stereocenters. The number of nitrogens with one attached hydrogen (secondary N) is 1. The van der Waals surface area contributed by atoms with Crippen LogP contribution in [0.1, 0.15) is 23.2 Å². The molecule has 1 amide bonds. The van der Waals surface area contributed by atoms with E-state index in [1.807, 2.05) is 0 Å².